The van der Waals surface area contributed by atoms with Crippen molar-refractivity contribution in [3.8, 4) is 11.1 Å². The Balaban J connectivity index is 2.03. The quantitative estimate of drug-likeness (QED) is 0.643. The monoisotopic (exact) mass is 389 g/mol. The first-order chi connectivity index (χ1) is 12.5. The Morgan fingerprint density at radius 1 is 1.31 bits per heavy atom. The lowest BCUT2D eigenvalue weighted by Crippen LogP contribution is -2.47. The van der Waals surface area contributed by atoms with Crippen LogP contribution in [0.15, 0.2) is 54.0 Å². The summed E-state index contributed by atoms with van der Waals surface area (Å²) in [6, 6.07) is 8.96. The molecule has 1 aliphatic rings. The maximum atomic E-state index is 12.3. The van der Waals surface area contributed by atoms with Gasteiger partial charge in [-0.15, -0.1) is 0 Å². The molecule has 0 bridgehead atoms. The van der Waals surface area contributed by atoms with E-state index in [0.717, 1.165) is 23.2 Å². The lowest BCUT2D eigenvalue weighted by molar-refractivity contribution is -0.130. The van der Waals surface area contributed by atoms with Gasteiger partial charge in [0.1, 0.15) is 0 Å². The molecule has 136 valence electrons. The number of hydrogen-bond donors (Lipinski definition) is 1. The van der Waals surface area contributed by atoms with E-state index in [-0.39, 0.29) is 17.5 Å². The largest absolute Gasteiger partial charge is 0.329 e. The van der Waals surface area contributed by atoms with E-state index in [0.29, 0.717) is 18.1 Å². The van der Waals surface area contributed by atoms with Crippen molar-refractivity contribution in [1.29, 1.82) is 0 Å². The number of H-pyrrole nitrogens is 1. The Labute approximate surface area is 161 Å². The molecular weight excluding hydrogens is 370 g/mol. The van der Waals surface area contributed by atoms with Crippen LogP contribution in [0, 0.1) is 0 Å². The lowest BCUT2D eigenvalue weighted by Gasteiger charge is -2.40. The number of nitrogens with zero attached hydrogens (tertiary/aromatic N) is 2. The first-order valence-electron chi connectivity index (χ1n) is 8.23. The zero-order chi connectivity index (χ0) is 18.7. The second-order valence-electron chi connectivity index (χ2n) is 6.04. The summed E-state index contributed by atoms with van der Waals surface area (Å²) in [7, 11) is 0. The third-order valence-corrected chi connectivity index (χ3v) is 5.54. The van der Waals surface area contributed by atoms with E-state index >= 15 is 0 Å². The van der Waals surface area contributed by atoms with E-state index in [2.05, 4.69) is 15.9 Å². The molecule has 1 amide bonds. The van der Waals surface area contributed by atoms with E-state index in [1.54, 1.807) is 18.1 Å². The van der Waals surface area contributed by atoms with Crippen LogP contribution in [-0.2, 0) is 4.79 Å². The maximum Gasteiger partial charge on any atom is 0.248 e. The third-order valence-electron chi connectivity index (χ3n) is 4.47. The van der Waals surface area contributed by atoms with Crippen molar-refractivity contribution in [2.24, 2.45) is 0 Å². The smallest absolute Gasteiger partial charge is 0.248 e. The highest BCUT2D eigenvalue weighted by atomic mass is 35.5. The summed E-state index contributed by atoms with van der Waals surface area (Å²) in [6.45, 7) is 5.76. The molecule has 1 atom stereocenters. The van der Waals surface area contributed by atoms with Gasteiger partial charge >= 0.3 is 0 Å². The summed E-state index contributed by atoms with van der Waals surface area (Å²) in [5, 5.41) is 0.574. The number of piperazine rings is 1. The topological polar surface area (TPSA) is 56.4 Å². The number of carbonyl (C=O) groups excluding carboxylic acids is 1. The van der Waals surface area contributed by atoms with Crippen LogP contribution >= 0.6 is 23.5 Å². The van der Waals surface area contributed by atoms with Gasteiger partial charge in [0.2, 0.25) is 11.5 Å². The molecule has 1 N–H and O–H groups in total. The van der Waals surface area contributed by atoms with Crippen molar-refractivity contribution in [2.45, 2.75) is 6.04 Å². The summed E-state index contributed by atoms with van der Waals surface area (Å²) in [5.74, 6) is -0.0894. The molecule has 0 spiro atoms. The predicted molar refractivity (Wildman–Crippen MR) is 107 cm³/mol. The van der Waals surface area contributed by atoms with Crippen LogP contribution in [0.2, 0.25) is 5.02 Å². The number of benzene rings is 1. The highest BCUT2D eigenvalue weighted by molar-refractivity contribution is 7.96. The summed E-state index contributed by atoms with van der Waals surface area (Å²) in [4.78, 5) is 28.4. The highest BCUT2D eigenvalue weighted by Gasteiger charge is 2.30. The van der Waals surface area contributed by atoms with E-state index in [1.807, 2.05) is 35.4 Å². The van der Waals surface area contributed by atoms with Crippen LogP contribution < -0.4 is 5.56 Å². The minimum absolute atomic E-state index is 0.0894. The number of hydrogen-bond acceptors (Lipinski definition) is 4. The molecule has 7 heteroatoms. The van der Waals surface area contributed by atoms with E-state index in [4.69, 9.17) is 11.6 Å². The summed E-state index contributed by atoms with van der Waals surface area (Å²) in [6.07, 6.45) is 4.99. The van der Waals surface area contributed by atoms with Crippen LogP contribution in [0.3, 0.4) is 0 Å². The Hall–Kier alpha value is -2.02. The zero-order valence-electron chi connectivity index (χ0n) is 14.4. The Morgan fingerprint density at radius 2 is 2.12 bits per heavy atom. The van der Waals surface area contributed by atoms with E-state index in [1.165, 1.54) is 12.1 Å². The number of carbonyl (C=O) groups is 1. The minimum Gasteiger partial charge on any atom is -0.329 e. The van der Waals surface area contributed by atoms with Gasteiger partial charge < -0.3 is 9.88 Å². The molecule has 1 aromatic carbocycles. The molecule has 26 heavy (non-hydrogen) atoms. The van der Waals surface area contributed by atoms with Gasteiger partial charge in [0, 0.05) is 36.9 Å². The Kier molecular flexibility index (Phi) is 5.86. The van der Waals surface area contributed by atoms with Gasteiger partial charge in [-0.1, -0.05) is 30.1 Å². The SMILES string of the molecule is C=CC(=O)N1CCN(SC)C[C@H]1c1cc(Cl)cc(-c2cc[nH]c(=O)c2)c1. The molecule has 0 aliphatic carbocycles. The number of rotatable bonds is 4. The van der Waals surface area contributed by atoms with E-state index in [9.17, 15) is 9.59 Å². The van der Waals surface area contributed by atoms with Crippen LogP contribution in [0.4, 0.5) is 0 Å². The molecule has 0 radical (unpaired) electrons. The van der Waals surface area contributed by atoms with Crippen LogP contribution in [0.25, 0.3) is 11.1 Å². The highest BCUT2D eigenvalue weighted by Crippen LogP contribution is 2.33. The molecule has 5 nitrogen and oxygen atoms in total. The molecule has 1 saturated heterocycles. The number of pyridine rings is 1. The van der Waals surface area contributed by atoms with Crippen molar-refractivity contribution in [3.63, 3.8) is 0 Å². The van der Waals surface area contributed by atoms with Gasteiger partial charge in [-0.2, -0.15) is 0 Å². The lowest BCUT2D eigenvalue weighted by atomic mass is 9.98. The second kappa shape index (κ2) is 8.12. The van der Waals surface area contributed by atoms with Crippen LogP contribution in [0.5, 0.6) is 0 Å². The summed E-state index contributed by atoms with van der Waals surface area (Å²) in [5.41, 5.74) is 2.42. The van der Waals surface area contributed by atoms with Crippen molar-refractivity contribution < 1.29 is 4.79 Å². The Morgan fingerprint density at radius 3 is 2.81 bits per heavy atom. The maximum absolute atomic E-state index is 12.3. The van der Waals surface area contributed by atoms with Crippen molar-refractivity contribution in [1.82, 2.24) is 14.2 Å². The standard InChI is InChI=1S/C19H20ClN3O2S/c1-3-19(25)23-7-6-22(26-2)12-17(23)15-8-14(9-16(20)10-15)13-4-5-21-18(24)11-13/h3-5,8-11,17H,1,6-7,12H2,2H3,(H,21,24)/t17-/m0/s1. The molecule has 3 rings (SSSR count). The van der Waals surface area contributed by atoms with Crippen LogP contribution in [-0.4, -0.2) is 46.0 Å². The van der Waals surface area contributed by atoms with Gasteiger partial charge in [-0.05, 0) is 53.3 Å². The average Bonchev–Trinajstić information content (AvgIpc) is 2.66. The molecule has 2 heterocycles. The second-order valence-corrected chi connectivity index (χ2v) is 7.35. The first-order valence-corrected chi connectivity index (χ1v) is 9.79. The third kappa shape index (κ3) is 4.03. The minimum atomic E-state index is -0.168. The fourth-order valence-corrected chi connectivity index (χ4v) is 3.98. The summed E-state index contributed by atoms with van der Waals surface area (Å²) >= 11 is 8.03. The number of aromatic nitrogens is 1. The number of amides is 1. The van der Waals surface area contributed by atoms with Gasteiger partial charge in [0.15, 0.2) is 0 Å². The molecule has 0 unspecified atom stereocenters. The molecule has 1 fully saturated rings. The molecule has 1 aliphatic heterocycles. The number of halogens is 1. The number of aromatic amines is 1. The van der Waals surface area contributed by atoms with Gasteiger partial charge in [0.25, 0.3) is 0 Å². The molecule has 2 aromatic rings. The summed E-state index contributed by atoms with van der Waals surface area (Å²) < 4.78 is 2.23. The van der Waals surface area contributed by atoms with Crippen molar-refractivity contribution >= 4 is 29.5 Å². The van der Waals surface area contributed by atoms with Gasteiger partial charge in [-0.3, -0.25) is 9.59 Å². The van der Waals surface area contributed by atoms with Gasteiger partial charge in [0.05, 0.1) is 6.04 Å². The van der Waals surface area contributed by atoms with Crippen molar-refractivity contribution in [3.05, 3.63) is 70.1 Å². The van der Waals surface area contributed by atoms with Crippen LogP contribution in [0.1, 0.15) is 11.6 Å². The van der Waals surface area contributed by atoms with E-state index < -0.39 is 0 Å². The normalized spacial score (nSPS) is 17.9. The molecule has 0 saturated carbocycles. The van der Waals surface area contributed by atoms with Crippen molar-refractivity contribution in [2.75, 3.05) is 25.9 Å². The predicted octanol–water partition coefficient (Wildman–Crippen LogP) is 3.34. The molecular formula is C19H20ClN3O2S. The Bertz CT molecular complexity index is 883. The van der Waals surface area contributed by atoms with Gasteiger partial charge in [-0.25, -0.2) is 4.31 Å². The molecule has 1 aromatic heterocycles. The average molecular weight is 390 g/mol. The fourth-order valence-electron chi connectivity index (χ4n) is 3.19. The number of nitrogens with one attached hydrogen (secondary N) is 1. The fraction of sp³-hybridized carbons (Fsp3) is 0.263. The zero-order valence-corrected chi connectivity index (χ0v) is 16.0. The first kappa shape index (κ1) is 18.8.